The predicted molar refractivity (Wildman–Crippen MR) is 102 cm³/mol. The quantitative estimate of drug-likeness (QED) is 0.824. The highest BCUT2D eigenvalue weighted by atomic mass is 16.2. The molecule has 2 aliphatic heterocycles. The Balaban J connectivity index is 1.36. The van der Waals surface area contributed by atoms with Crippen LogP contribution in [0.3, 0.4) is 0 Å². The lowest BCUT2D eigenvalue weighted by Crippen LogP contribution is -2.51. The Morgan fingerprint density at radius 2 is 1.70 bits per heavy atom. The van der Waals surface area contributed by atoms with E-state index in [0.29, 0.717) is 38.7 Å². The Morgan fingerprint density at radius 3 is 2.37 bits per heavy atom. The van der Waals surface area contributed by atoms with Crippen molar-refractivity contribution in [2.75, 3.05) is 42.5 Å². The summed E-state index contributed by atoms with van der Waals surface area (Å²) in [6.07, 6.45) is 3.74. The van der Waals surface area contributed by atoms with Gasteiger partial charge in [-0.2, -0.15) is 0 Å². The summed E-state index contributed by atoms with van der Waals surface area (Å²) < 4.78 is 0. The molecule has 2 aliphatic rings. The number of hydrogen-bond acceptors (Lipinski definition) is 5. The van der Waals surface area contributed by atoms with Crippen LogP contribution >= 0.6 is 0 Å². The first-order valence-electron chi connectivity index (χ1n) is 9.29. The Labute approximate surface area is 158 Å². The molecule has 0 saturated carbocycles. The lowest BCUT2D eigenvalue weighted by molar-refractivity contribution is -0.136. The molecule has 1 aromatic carbocycles. The minimum atomic E-state index is -0.265. The highest BCUT2D eigenvalue weighted by molar-refractivity contribution is 6.00. The van der Waals surface area contributed by atoms with Gasteiger partial charge >= 0.3 is 0 Å². The van der Waals surface area contributed by atoms with E-state index in [1.165, 1.54) is 0 Å². The van der Waals surface area contributed by atoms with Crippen LogP contribution in [0.5, 0.6) is 0 Å². The molecule has 2 saturated heterocycles. The minimum Gasteiger partial charge on any atom is -0.339 e. The summed E-state index contributed by atoms with van der Waals surface area (Å²) in [4.78, 5) is 39.6. The molecule has 0 spiro atoms. The van der Waals surface area contributed by atoms with Gasteiger partial charge in [0.2, 0.25) is 17.8 Å². The van der Waals surface area contributed by atoms with Crippen molar-refractivity contribution in [2.45, 2.75) is 13.3 Å². The van der Waals surface area contributed by atoms with Crippen molar-refractivity contribution in [2.24, 2.45) is 5.92 Å². The molecular formula is C20H23N5O2. The first kappa shape index (κ1) is 17.5. The van der Waals surface area contributed by atoms with E-state index in [4.69, 9.17) is 0 Å². The average molecular weight is 365 g/mol. The van der Waals surface area contributed by atoms with Crippen molar-refractivity contribution in [3.63, 3.8) is 0 Å². The SMILES string of the molecule is Cc1ccc(N2CC(C(=O)N3CCN(c4ncccn4)CC3)CC2=O)cc1. The van der Waals surface area contributed by atoms with Crippen molar-refractivity contribution < 1.29 is 9.59 Å². The second kappa shape index (κ2) is 7.34. The van der Waals surface area contributed by atoms with Gasteiger partial charge in [0.1, 0.15) is 0 Å². The molecule has 7 heteroatoms. The number of carbonyl (C=O) groups is 2. The van der Waals surface area contributed by atoms with E-state index in [-0.39, 0.29) is 24.2 Å². The van der Waals surface area contributed by atoms with Crippen LogP contribution in [0, 0.1) is 12.8 Å². The highest BCUT2D eigenvalue weighted by Gasteiger charge is 2.38. The molecule has 0 bridgehead atoms. The highest BCUT2D eigenvalue weighted by Crippen LogP contribution is 2.27. The van der Waals surface area contributed by atoms with Crippen molar-refractivity contribution in [1.29, 1.82) is 0 Å². The monoisotopic (exact) mass is 365 g/mol. The maximum Gasteiger partial charge on any atom is 0.228 e. The summed E-state index contributed by atoms with van der Waals surface area (Å²) in [6, 6.07) is 9.66. The van der Waals surface area contributed by atoms with Gasteiger partial charge in [0.05, 0.1) is 5.92 Å². The molecule has 2 amide bonds. The van der Waals surface area contributed by atoms with Crippen molar-refractivity contribution in [3.8, 4) is 0 Å². The van der Waals surface area contributed by atoms with Crippen molar-refractivity contribution in [1.82, 2.24) is 14.9 Å². The molecule has 0 aliphatic carbocycles. The van der Waals surface area contributed by atoms with E-state index in [1.54, 1.807) is 23.4 Å². The van der Waals surface area contributed by atoms with E-state index in [1.807, 2.05) is 36.1 Å². The number of rotatable bonds is 3. The van der Waals surface area contributed by atoms with Gasteiger partial charge in [0.15, 0.2) is 0 Å². The summed E-state index contributed by atoms with van der Waals surface area (Å²) in [6.45, 7) is 5.15. The molecule has 0 N–H and O–H groups in total. The molecule has 7 nitrogen and oxygen atoms in total. The third kappa shape index (κ3) is 3.63. The van der Waals surface area contributed by atoms with Crippen LogP contribution < -0.4 is 9.80 Å². The Kier molecular flexibility index (Phi) is 4.75. The zero-order valence-electron chi connectivity index (χ0n) is 15.4. The van der Waals surface area contributed by atoms with Crippen LogP contribution in [0.25, 0.3) is 0 Å². The molecular weight excluding hydrogens is 342 g/mol. The minimum absolute atomic E-state index is 0.0218. The van der Waals surface area contributed by atoms with Crippen LogP contribution in [0.1, 0.15) is 12.0 Å². The molecule has 2 aromatic rings. The molecule has 27 heavy (non-hydrogen) atoms. The maximum absolute atomic E-state index is 12.9. The fourth-order valence-electron chi connectivity index (χ4n) is 3.69. The third-order valence-corrected chi connectivity index (χ3v) is 5.25. The number of amides is 2. The lowest BCUT2D eigenvalue weighted by atomic mass is 10.1. The first-order chi connectivity index (χ1) is 13.1. The van der Waals surface area contributed by atoms with Gasteiger partial charge in [-0.3, -0.25) is 9.59 Å². The number of aryl methyl sites for hydroxylation is 1. The molecule has 3 heterocycles. The van der Waals surface area contributed by atoms with Crippen LogP contribution in [0.15, 0.2) is 42.7 Å². The Hall–Kier alpha value is -2.96. The molecule has 0 radical (unpaired) electrons. The predicted octanol–water partition coefficient (Wildman–Crippen LogP) is 1.49. The van der Waals surface area contributed by atoms with Gasteiger partial charge in [-0.15, -0.1) is 0 Å². The standard InChI is InChI=1S/C20H23N5O2/c1-15-3-5-17(6-4-15)25-14-16(13-18(25)26)19(27)23-9-11-24(12-10-23)20-21-7-2-8-22-20/h2-8,16H,9-14H2,1H3. The number of hydrogen-bond donors (Lipinski definition) is 0. The van der Waals surface area contributed by atoms with Gasteiger partial charge in [0, 0.05) is 57.2 Å². The van der Waals surface area contributed by atoms with Gasteiger partial charge in [-0.1, -0.05) is 17.7 Å². The van der Waals surface area contributed by atoms with E-state index in [2.05, 4.69) is 14.9 Å². The smallest absolute Gasteiger partial charge is 0.228 e. The lowest BCUT2D eigenvalue weighted by Gasteiger charge is -2.35. The van der Waals surface area contributed by atoms with E-state index in [0.717, 1.165) is 11.3 Å². The summed E-state index contributed by atoms with van der Waals surface area (Å²) >= 11 is 0. The molecule has 1 atom stereocenters. The zero-order chi connectivity index (χ0) is 18.8. The molecule has 4 rings (SSSR count). The fraction of sp³-hybridized carbons (Fsp3) is 0.400. The Morgan fingerprint density at radius 1 is 1.04 bits per heavy atom. The van der Waals surface area contributed by atoms with Crippen LogP contribution in [0.2, 0.25) is 0 Å². The number of aromatic nitrogens is 2. The number of anilines is 2. The van der Waals surface area contributed by atoms with Crippen molar-refractivity contribution in [3.05, 3.63) is 48.3 Å². The number of piperazine rings is 1. The van der Waals surface area contributed by atoms with Crippen LogP contribution in [0.4, 0.5) is 11.6 Å². The first-order valence-corrected chi connectivity index (χ1v) is 9.29. The van der Waals surface area contributed by atoms with Gasteiger partial charge in [0.25, 0.3) is 0 Å². The third-order valence-electron chi connectivity index (χ3n) is 5.25. The number of carbonyl (C=O) groups excluding carboxylic acids is 2. The molecule has 2 fully saturated rings. The second-order valence-electron chi connectivity index (χ2n) is 7.10. The normalized spacial score (nSPS) is 20.3. The van der Waals surface area contributed by atoms with Gasteiger partial charge in [-0.25, -0.2) is 9.97 Å². The second-order valence-corrected chi connectivity index (χ2v) is 7.10. The van der Waals surface area contributed by atoms with Gasteiger partial charge in [-0.05, 0) is 25.1 Å². The van der Waals surface area contributed by atoms with E-state index in [9.17, 15) is 9.59 Å². The van der Waals surface area contributed by atoms with E-state index >= 15 is 0 Å². The summed E-state index contributed by atoms with van der Waals surface area (Å²) in [7, 11) is 0. The molecule has 1 unspecified atom stereocenters. The molecule has 1 aromatic heterocycles. The number of benzene rings is 1. The summed E-state index contributed by atoms with van der Waals surface area (Å²) in [5.74, 6) is 0.532. The van der Waals surface area contributed by atoms with Crippen LogP contribution in [-0.4, -0.2) is 59.4 Å². The van der Waals surface area contributed by atoms with Crippen molar-refractivity contribution >= 4 is 23.5 Å². The summed E-state index contributed by atoms with van der Waals surface area (Å²) in [5.41, 5.74) is 2.02. The Bertz CT molecular complexity index is 816. The topological polar surface area (TPSA) is 69.6 Å². The maximum atomic E-state index is 12.9. The molecule has 140 valence electrons. The average Bonchev–Trinajstić information content (AvgIpc) is 3.10. The number of nitrogens with zero attached hydrogens (tertiary/aromatic N) is 5. The van der Waals surface area contributed by atoms with Crippen LogP contribution in [-0.2, 0) is 9.59 Å². The summed E-state index contributed by atoms with van der Waals surface area (Å²) in [5, 5.41) is 0. The van der Waals surface area contributed by atoms with E-state index < -0.39 is 0 Å². The van der Waals surface area contributed by atoms with Gasteiger partial charge < -0.3 is 14.7 Å². The largest absolute Gasteiger partial charge is 0.339 e. The zero-order valence-corrected chi connectivity index (χ0v) is 15.4. The fourth-order valence-corrected chi connectivity index (χ4v) is 3.69.